The van der Waals surface area contributed by atoms with Gasteiger partial charge in [-0.25, -0.2) is 4.79 Å². The lowest BCUT2D eigenvalue weighted by Crippen LogP contribution is -2.52. The number of hydrogen-bond donors (Lipinski definition) is 2. The van der Waals surface area contributed by atoms with Gasteiger partial charge in [0.2, 0.25) is 0 Å². The number of aliphatic hydroxyl groups is 1. The predicted molar refractivity (Wildman–Crippen MR) is 87.2 cm³/mol. The number of aromatic nitrogens is 1. The van der Waals surface area contributed by atoms with E-state index in [1.807, 2.05) is 30.1 Å². The number of carbonyl (C=O) groups is 1. The first kappa shape index (κ1) is 16.6. The molecule has 1 aliphatic rings. The molecule has 0 aliphatic carbocycles. The van der Waals surface area contributed by atoms with Crippen LogP contribution in [0.3, 0.4) is 0 Å². The Hall–Kier alpha value is -2.25. The summed E-state index contributed by atoms with van der Waals surface area (Å²) in [5.74, 6) is 0.505. The van der Waals surface area contributed by atoms with Gasteiger partial charge in [-0.15, -0.1) is 0 Å². The van der Waals surface area contributed by atoms with E-state index in [4.69, 9.17) is 9.15 Å². The van der Waals surface area contributed by atoms with E-state index in [0.717, 1.165) is 5.56 Å². The van der Waals surface area contributed by atoms with Crippen LogP contribution in [0.1, 0.15) is 23.8 Å². The molecule has 1 saturated heterocycles. The van der Waals surface area contributed by atoms with Crippen molar-refractivity contribution in [2.75, 3.05) is 19.8 Å². The van der Waals surface area contributed by atoms with Crippen LogP contribution in [0.2, 0.25) is 0 Å². The molecule has 2 aromatic heterocycles. The van der Waals surface area contributed by atoms with Crippen LogP contribution in [-0.2, 0) is 18.3 Å². The summed E-state index contributed by atoms with van der Waals surface area (Å²) >= 11 is 0. The van der Waals surface area contributed by atoms with E-state index >= 15 is 0 Å². The molecular formula is C17H23N3O4. The number of urea groups is 1. The number of aryl methyl sites for hydroxylation is 1. The first-order valence-electron chi connectivity index (χ1n) is 8.08. The smallest absolute Gasteiger partial charge is 0.318 e. The summed E-state index contributed by atoms with van der Waals surface area (Å²) in [6.07, 6.45) is 5.07. The summed E-state index contributed by atoms with van der Waals surface area (Å²) in [5.41, 5.74) is 1.05. The zero-order chi connectivity index (χ0) is 16.9. The summed E-state index contributed by atoms with van der Waals surface area (Å²) in [5, 5.41) is 13.2. The Balaban J connectivity index is 1.57. The van der Waals surface area contributed by atoms with E-state index in [-0.39, 0.29) is 12.1 Å². The van der Waals surface area contributed by atoms with Gasteiger partial charge in [-0.3, -0.25) is 0 Å². The van der Waals surface area contributed by atoms with Crippen LogP contribution in [0.25, 0.3) is 0 Å². The van der Waals surface area contributed by atoms with Crippen LogP contribution in [-0.4, -0.2) is 46.4 Å². The summed E-state index contributed by atoms with van der Waals surface area (Å²) in [7, 11) is 1.94. The van der Waals surface area contributed by atoms with Crippen LogP contribution in [0, 0.1) is 0 Å². The molecule has 3 rings (SSSR count). The van der Waals surface area contributed by atoms with Crippen LogP contribution in [0.5, 0.6) is 0 Å². The number of carbonyl (C=O) groups excluding carboxylic acids is 1. The number of amides is 2. The zero-order valence-corrected chi connectivity index (χ0v) is 13.7. The lowest BCUT2D eigenvalue weighted by molar-refractivity contribution is -0.00974. The fourth-order valence-corrected chi connectivity index (χ4v) is 2.92. The SMILES string of the molecule is Cn1ccc(CNC(=O)N2CCOC[C@@H]2C[C@H](O)c2ccco2)c1. The number of rotatable bonds is 5. The van der Waals surface area contributed by atoms with Gasteiger partial charge in [0.15, 0.2) is 0 Å². The molecule has 0 radical (unpaired) electrons. The van der Waals surface area contributed by atoms with Gasteiger partial charge in [-0.2, -0.15) is 0 Å². The third kappa shape index (κ3) is 3.98. The molecule has 2 atom stereocenters. The van der Waals surface area contributed by atoms with Gasteiger partial charge < -0.3 is 29.0 Å². The van der Waals surface area contributed by atoms with Crippen molar-refractivity contribution in [3.63, 3.8) is 0 Å². The zero-order valence-electron chi connectivity index (χ0n) is 13.7. The van der Waals surface area contributed by atoms with Crippen molar-refractivity contribution in [1.29, 1.82) is 0 Å². The standard InChI is InChI=1S/C17H23N3O4/c1-19-5-4-13(11-19)10-18-17(22)20-6-8-23-12-14(20)9-15(21)16-3-2-7-24-16/h2-5,7,11,14-15,21H,6,8-10,12H2,1H3,(H,18,22)/t14-,15-/m0/s1. The Morgan fingerprint density at radius 2 is 2.38 bits per heavy atom. The number of nitrogens with zero attached hydrogens (tertiary/aromatic N) is 2. The summed E-state index contributed by atoms with van der Waals surface area (Å²) < 4.78 is 12.7. The molecule has 1 fully saturated rings. The van der Waals surface area contributed by atoms with Gasteiger partial charge >= 0.3 is 6.03 Å². The van der Waals surface area contributed by atoms with Crippen molar-refractivity contribution < 1.29 is 19.1 Å². The van der Waals surface area contributed by atoms with E-state index in [2.05, 4.69) is 5.32 Å². The highest BCUT2D eigenvalue weighted by molar-refractivity contribution is 5.74. The monoisotopic (exact) mass is 333 g/mol. The minimum atomic E-state index is -0.754. The summed E-state index contributed by atoms with van der Waals surface area (Å²) in [4.78, 5) is 14.2. The molecule has 2 aromatic rings. The summed E-state index contributed by atoms with van der Waals surface area (Å²) in [6.45, 7) is 1.91. The van der Waals surface area contributed by atoms with Crippen molar-refractivity contribution in [2.45, 2.75) is 25.1 Å². The van der Waals surface area contributed by atoms with E-state index in [0.29, 0.717) is 38.5 Å². The first-order valence-corrected chi connectivity index (χ1v) is 8.08. The second-order valence-electron chi connectivity index (χ2n) is 6.03. The molecule has 24 heavy (non-hydrogen) atoms. The fraction of sp³-hybridized carbons (Fsp3) is 0.471. The van der Waals surface area contributed by atoms with Crippen molar-refractivity contribution in [3.05, 3.63) is 48.2 Å². The maximum atomic E-state index is 12.5. The Morgan fingerprint density at radius 1 is 1.50 bits per heavy atom. The molecular weight excluding hydrogens is 310 g/mol. The topological polar surface area (TPSA) is 79.9 Å². The van der Waals surface area contributed by atoms with E-state index in [1.54, 1.807) is 17.0 Å². The number of hydrogen-bond acceptors (Lipinski definition) is 4. The molecule has 0 unspecified atom stereocenters. The fourth-order valence-electron chi connectivity index (χ4n) is 2.92. The molecule has 7 nitrogen and oxygen atoms in total. The van der Waals surface area contributed by atoms with E-state index in [9.17, 15) is 9.90 Å². The average Bonchev–Trinajstić information content (AvgIpc) is 3.25. The van der Waals surface area contributed by atoms with Crippen LogP contribution in [0.4, 0.5) is 4.79 Å². The molecule has 1 aliphatic heterocycles. The second kappa shape index (κ2) is 7.55. The molecule has 7 heteroatoms. The number of furan rings is 1. The predicted octanol–water partition coefficient (Wildman–Crippen LogP) is 1.65. The third-order valence-corrected chi connectivity index (χ3v) is 4.19. The van der Waals surface area contributed by atoms with Gasteiger partial charge in [-0.05, 0) is 23.8 Å². The molecule has 130 valence electrons. The van der Waals surface area contributed by atoms with Crippen molar-refractivity contribution >= 4 is 6.03 Å². The molecule has 3 heterocycles. The van der Waals surface area contributed by atoms with Crippen LogP contribution < -0.4 is 5.32 Å². The van der Waals surface area contributed by atoms with Gasteiger partial charge in [0.25, 0.3) is 0 Å². The molecule has 0 bridgehead atoms. The Bertz CT molecular complexity index is 653. The highest BCUT2D eigenvalue weighted by Gasteiger charge is 2.30. The second-order valence-corrected chi connectivity index (χ2v) is 6.03. The largest absolute Gasteiger partial charge is 0.467 e. The van der Waals surface area contributed by atoms with Crippen molar-refractivity contribution in [2.24, 2.45) is 7.05 Å². The molecule has 0 aromatic carbocycles. The highest BCUT2D eigenvalue weighted by atomic mass is 16.5. The number of nitrogens with one attached hydrogen (secondary N) is 1. The lowest BCUT2D eigenvalue weighted by atomic mass is 10.1. The quantitative estimate of drug-likeness (QED) is 0.872. The van der Waals surface area contributed by atoms with Gasteiger partial charge in [0, 0.05) is 39.0 Å². The number of aliphatic hydroxyl groups excluding tert-OH is 1. The minimum Gasteiger partial charge on any atom is -0.467 e. The van der Waals surface area contributed by atoms with Gasteiger partial charge in [0.1, 0.15) is 11.9 Å². The molecule has 2 amide bonds. The van der Waals surface area contributed by atoms with Crippen LogP contribution in [0.15, 0.2) is 41.3 Å². The maximum Gasteiger partial charge on any atom is 0.318 e. The normalized spacial score (nSPS) is 19.2. The highest BCUT2D eigenvalue weighted by Crippen LogP contribution is 2.23. The minimum absolute atomic E-state index is 0.140. The van der Waals surface area contributed by atoms with Gasteiger partial charge in [0.05, 0.1) is 25.5 Å². The van der Waals surface area contributed by atoms with E-state index in [1.165, 1.54) is 6.26 Å². The number of ether oxygens (including phenoxy) is 1. The molecule has 0 saturated carbocycles. The Labute approximate surface area is 140 Å². The Kier molecular flexibility index (Phi) is 5.22. The Morgan fingerprint density at radius 3 is 3.08 bits per heavy atom. The maximum absolute atomic E-state index is 12.5. The third-order valence-electron chi connectivity index (χ3n) is 4.19. The van der Waals surface area contributed by atoms with Crippen LogP contribution >= 0.6 is 0 Å². The van der Waals surface area contributed by atoms with Crippen molar-refractivity contribution in [3.8, 4) is 0 Å². The molecule has 0 spiro atoms. The first-order chi connectivity index (χ1) is 11.6. The van der Waals surface area contributed by atoms with Gasteiger partial charge in [-0.1, -0.05) is 0 Å². The lowest BCUT2D eigenvalue weighted by Gasteiger charge is -2.36. The van der Waals surface area contributed by atoms with E-state index < -0.39 is 6.10 Å². The number of morpholine rings is 1. The summed E-state index contributed by atoms with van der Waals surface area (Å²) in [6, 6.07) is 5.11. The average molecular weight is 333 g/mol. The molecule has 2 N–H and O–H groups in total. The van der Waals surface area contributed by atoms with Crippen molar-refractivity contribution in [1.82, 2.24) is 14.8 Å².